The summed E-state index contributed by atoms with van der Waals surface area (Å²) in [5.41, 5.74) is 0.609. The normalized spacial score (nSPS) is 12.8. The van der Waals surface area contributed by atoms with E-state index in [2.05, 4.69) is 40.0 Å². The predicted octanol–water partition coefficient (Wildman–Crippen LogP) is 3.42. The molecule has 0 radical (unpaired) electrons. The van der Waals surface area contributed by atoms with Gasteiger partial charge in [-0.2, -0.15) is 0 Å². The summed E-state index contributed by atoms with van der Waals surface area (Å²) in [6.45, 7) is 4.93. The van der Waals surface area contributed by atoms with Gasteiger partial charge >= 0.3 is 0 Å². The molecule has 106 valence electrons. The van der Waals surface area contributed by atoms with Crippen molar-refractivity contribution in [3.05, 3.63) is 33.3 Å². The van der Waals surface area contributed by atoms with Crippen LogP contribution in [-0.4, -0.2) is 37.5 Å². The van der Waals surface area contributed by atoms with Crippen LogP contribution in [0.1, 0.15) is 24.2 Å². The largest absolute Gasteiger partial charge is 0.350 e. The second kappa shape index (κ2) is 7.27. The quantitative estimate of drug-likeness (QED) is 0.885. The predicted molar refractivity (Wildman–Crippen MR) is 83.8 cm³/mol. The van der Waals surface area contributed by atoms with E-state index in [1.165, 1.54) is 0 Å². The Morgan fingerprint density at radius 2 is 2.05 bits per heavy atom. The van der Waals surface area contributed by atoms with Crippen LogP contribution in [0.25, 0.3) is 0 Å². The van der Waals surface area contributed by atoms with Crippen LogP contribution in [0, 0.1) is 5.92 Å². The zero-order valence-corrected chi connectivity index (χ0v) is 14.0. The van der Waals surface area contributed by atoms with Gasteiger partial charge in [0.15, 0.2) is 0 Å². The lowest BCUT2D eigenvalue weighted by molar-refractivity contribution is 0.0934. The van der Waals surface area contributed by atoms with Gasteiger partial charge < -0.3 is 10.2 Å². The molecule has 1 unspecified atom stereocenters. The highest BCUT2D eigenvalue weighted by Gasteiger charge is 2.17. The van der Waals surface area contributed by atoms with Gasteiger partial charge in [-0.05, 0) is 54.1 Å². The first-order valence-electron chi connectivity index (χ1n) is 6.22. The van der Waals surface area contributed by atoms with Crippen LogP contribution in [0.5, 0.6) is 0 Å². The van der Waals surface area contributed by atoms with Crippen LogP contribution in [0.2, 0.25) is 5.02 Å². The molecular formula is C14H20BrClN2O. The summed E-state index contributed by atoms with van der Waals surface area (Å²) in [6, 6.07) is 5.49. The number of likely N-dealkylation sites (N-methyl/N-ethyl adjacent to an activating group) is 1. The first-order valence-corrected chi connectivity index (χ1v) is 7.39. The van der Waals surface area contributed by atoms with Gasteiger partial charge in [0.25, 0.3) is 5.91 Å². The molecule has 1 aromatic rings. The first kappa shape index (κ1) is 16.5. The molecule has 1 atom stereocenters. The third kappa shape index (κ3) is 4.79. The molecule has 0 aliphatic carbocycles. The fraction of sp³-hybridized carbons (Fsp3) is 0.500. The Hall–Kier alpha value is -0.580. The minimum Gasteiger partial charge on any atom is -0.350 e. The van der Waals surface area contributed by atoms with Crippen LogP contribution in [-0.2, 0) is 0 Å². The Kier molecular flexibility index (Phi) is 6.30. The van der Waals surface area contributed by atoms with E-state index in [1.807, 2.05) is 14.1 Å². The van der Waals surface area contributed by atoms with Gasteiger partial charge in [-0.3, -0.25) is 4.79 Å². The maximum atomic E-state index is 12.1. The number of benzene rings is 1. The summed E-state index contributed by atoms with van der Waals surface area (Å²) in [5.74, 6) is 0.400. The van der Waals surface area contributed by atoms with Crippen LogP contribution < -0.4 is 5.32 Å². The van der Waals surface area contributed by atoms with E-state index >= 15 is 0 Å². The van der Waals surface area contributed by atoms with Crippen LogP contribution >= 0.6 is 27.5 Å². The molecule has 0 bridgehead atoms. The van der Waals surface area contributed by atoms with E-state index in [1.54, 1.807) is 18.2 Å². The molecule has 0 saturated carbocycles. The second-order valence-corrected chi connectivity index (χ2v) is 6.38. The third-order valence-electron chi connectivity index (χ3n) is 3.09. The molecule has 1 amide bonds. The molecule has 19 heavy (non-hydrogen) atoms. The number of carbonyl (C=O) groups excluding carboxylic acids is 1. The molecule has 0 saturated heterocycles. The van der Waals surface area contributed by atoms with Crippen LogP contribution in [0.3, 0.4) is 0 Å². The molecule has 0 aliphatic heterocycles. The van der Waals surface area contributed by atoms with Gasteiger partial charge in [0.05, 0.1) is 5.02 Å². The Morgan fingerprint density at radius 1 is 1.42 bits per heavy atom. The van der Waals surface area contributed by atoms with Gasteiger partial charge in [-0.15, -0.1) is 0 Å². The maximum absolute atomic E-state index is 12.1. The average molecular weight is 348 g/mol. The van der Waals surface area contributed by atoms with E-state index in [9.17, 15) is 4.79 Å². The smallest absolute Gasteiger partial charge is 0.251 e. The summed E-state index contributed by atoms with van der Waals surface area (Å²) in [7, 11) is 4.05. The highest BCUT2D eigenvalue weighted by Crippen LogP contribution is 2.23. The van der Waals surface area contributed by atoms with E-state index < -0.39 is 0 Å². The fourth-order valence-corrected chi connectivity index (χ4v) is 2.45. The first-order chi connectivity index (χ1) is 8.82. The lowest BCUT2D eigenvalue weighted by Crippen LogP contribution is -2.43. The van der Waals surface area contributed by atoms with Crippen molar-refractivity contribution in [3.8, 4) is 0 Å². The van der Waals surface area contributed by atoms with Crippen LogP contribution in [0.15, 0.2) is 22.7 Å². The molecule has 3 nitrogen and oxygen atoms in total. The number of nitrogens with one attached hydrogen (secondary N) is 1. The minimum absolute atomic E-state index is 0.0788. The van der Waals surface area contributed by atoms with E-state index in [4.69, 9.17) is 11.6 Å². The summed E-state index contributed by atoms with van der Waals surface area (Å²) in [6.07, 6.45) is 0. The molecule has 1 rings (SSSR count). The van der Waals surface area contributed by atoms with Gasteiger partial charge in [0.1, 0.15) is 0 Å². The van der Waals surface area contributed by atoms with Gasteiger partial charge in [-0.25, -0.2) is 0 Å². The fourth-order valence-electron chi connectivity index (χ4n) is 1.95. The molecule has 0 fully saturated rings. The second-order valence-electron chi connectivity index (χ2n) is 5.11. The Morgan fingerprint density at radius 3 is 2.53 bits per heavy atom. The van der Waals surface area contributed by atoms with Crippen LogP contribution in [0.4, 0.5) is 0 Å². The van der Waals surface area contributed by atoms with Gasteiger partial charge in [0.2, 0.25) is 0 Å². The van der Waals surface area contributed by atoms with Crippen molar-refractivity contribution in [2.45, 2.75) is 19.9 Å². The Bertz CT molecular complexity index is 441. The van der Waals surface area contributed by atoms with Crippen molar-refractivity contribution >= 4 is 33.4 Å². The average Bonchev–Trinajstić information content (AvgIpc) is 2.31. The molecular weight excluding hydrogens is 328 g/mol. The topological polar surface area (TPSA) is 32.3 Å². The Balaban J connectivity index is 2.66. The zero-order chi connectivity index (χ0) is 14.6. The number of nitrogens with zero attached hydrogens (tertiary/aromatic N) is 1. The lowest BCUT2D eigenvalue weighted by atomic mass is 10.0. The number of amides is 1. The maximum Gasteiger partial charge on any atom is 0.251 e. The number of halogens is 2. The standard InChI is InChI=1S/C14H20BrClN2O/c1-9(2)13(18(3)4)8-17-14(19)10-5-6-12(16)11(15)7-10/h5-7,9,13H,8H2,1-4H3,(H,17,19). The molecule has 0 aromatic heterocycles. The van der Waals surface area contributed by atoms with Crippen molar-refractivity contribution in [1.82, 2.24) is 10.2 Å². The number of hydrogen-bond acceptors (Lipinski definition) is 2. The molecule has 0 heterocycles. The van der Waals surface area contributed by atoms with Crippen molar-refractivity contribution < 1.29 is 4.79 Å². The third-order valence-corrected chi connectivity index (χ3v) is 4.30. The number of hydrogen-bond donors (Lipinski definition) is 1. The summed E-state index contributed by atoms with van der Waals surface area (Å²) < 4.78 is 0.731. The van der Waals surface area contributed by atoms with Crippen molar-refractivity contribution in [3.63, 3.8) is 0 Å². The molecule has 5 heteroatoms. The molecule has 0 aliphatic rings. The van der Waals surface area contributed by atoms with E-state index in [0.29, 0.717) is 29.1 Å². The van der Waals surface area contributed by atoms with Crippen molar-refractivity contribution in [2.75, 3.05) is 20.6 Å². The van der Waals surface area contributed by atoms with Crippen molar-refractivity contribution in [1.29, 1.82) is 0 Å². The Labute approximate surface area is 128 Å². The van der Waals surface area contributed by atoms with Gasteiger partial charge in [-0.1, -0.05) is 25.4 Å². The van der Waals surface area contributed by atoms with E-state index in [-0.39, 0.29) is 5.91 Å². The highest BCUT2D eigenvalue weighted by atomic mass is 79.9. The van der Waals surface area contributed by atoms with Crippen molar-refractivity contribution in [2.24, 2.45) is 5.92 Å². The summed E-state index contributed by atoms with van der Waals surface area (Å²) in [4.78, 5) is 14.2. The zero-order valence-electron chi connectivity index (χ0n) is 11.7. The number of rotatable bonds is 5. The number of carbonyl (C=O) groups is 1. The van der Waals surface area contributed by atoms with E-state index in [0.717, 1.165) is 4.47 Å². The lowest BCUT2D eigenvalue weighted by Gasteiger charge is -2.28. The summed E-state index contributed by atoms with van der Waals surface area (Å²) >= 11 is 9.23. The monoisotopic (exact) mass is 346 g/mol. The molecule has 1 aromatic carbocycles. The SMILES string of the molecule is CC(C)C(CNC(=O)c1ccc(Cl)c(Br)c1)N(C)C. The van der Waals surface area contributed by atoms with Gasteiger partial charge in [0, 0.05) is 22.6 Å². The summed E-state index contributed by atoms with van der Waals surface area (Å²) in [5, 5.41) is 3.57. The highest BCUT2D eigenvalue weighted by molar-refractivity contribution is 9.10. The molecule has 0 spiro atoms. The minimum atomic E-state index is -0.0788. The molecule has 1 N–H and O–H groups in total.